The summed E-state index contributed by atoms with van der Waals surface area (Å²) >= 11 is 0. The van der Waals surface area contributed by atoms with Crippen LogP contribution in [-0.4, -0.2) is 42.4 Å². The molecular weight excluding hydrogens is 205 g/mol. The number of likely N-dealkylation sites (N-methyl/N-ethyl adjacent to an activating group) is 1. The third-order valence-electron chi connectivity index (χ3n) is 4.17. The zero-order valence-electron chi connectivity index (χ0n) is 10.9. The van der Waals surface area contributed by atoms with Crippen LogP contribution < -0.4 is 0 Å². The fourth-order valence-corrected chi connectivity index (χ4v) is 3.76. The Labute approximate surface area is 98.1 Å². The average molecular weight is 229 g/mol. The molecule has 0 amide bonds. The van der Waals surface area contributed by atoms with Crippen molar-refractivity contribution < 1.29 is 9.13 Å². The van der Waals surface area contributed by atoms with E-state index in [-0.39, 0.29) is 24.2 Å². The lowest BCUT2D eigenvalue weighted by molar-refractivity contribution is -0.0328. The zero-order valence-corrected chi connectivity index (χ0v) is 10.9. The molecule has 94 valence electrons. The van der Waals surface area contributed by atoms with Crippen LogP contribution in [0.1, 0.15) is 40.0 Å². The fourth-order valence-electron chi connectivity index (χ4n) is 3.76. The first-order valence-electron chi connectivity index (χ1n) is 6.48. The van der Waals surface area contributed by atoms with Gasteiger partial charge in [0.05, 0.1) is 12.2 Å². The van der Waals surface area contributed by atoms with E-state index in [0.29, 0.717) is 6.54 Å². The van der Waals surface area contributed by atoms with Crippen LogP contribution in [0, 0.1) is 5.92 Å². The third kappa shape index (κ3) is 2.00. The Morgan fingerprint density at radius 2 is 2.06 bits per heavy atom. The molecule has 3 heteroatoms. The zero-order chi connectivity index (χ0) is 11.9. The minimum atomic E-state index is -0.936. The van der Waals surface area contributed by atoms with Crippen molar-refractivity contribution >= 4 is 0 Å². The van der Waals surface area contributed by atoms with Gasteiger partial charge in [-0.3, -0.25) is 4.90 Å². The summed E-state index contributed by atoms with van der Waals surface area (Å²) in [5, 5.41) is 0. The van der Waals surface area contributed by atoms with E-state index in [0.717, 1.165) is 19.3 Å². The second-order valence-corrected chi connectivity index (χ2v) is 5.83. The molecular formula is C13H24FNO. The second kappa shape index (κ2) is 4.26. The van der Waals surface area contributed by atoms with Crippen molar-refractivity contribution in [3.63, 3.8) is 0 Å². The highest BCUT2D eigenvalue weighted by Crippen LogP contribution is 2.48. The van der Waals surface area contributed by atoms with Crippen LogP contribution in [-0.2, 0) is 4.74 Å². The van der Waals surface area contributed by atoms with Gasteiger partial charge in [0.1, 0.15) is 5.67 Å². The number of rotatable bonds is 3. The lowest BCUT2D eigenvalue weighted by Gasteiger charge is -2.31. The van der Waals surface area contributed by atoms with E-state index in [9.17, 15) is 4.39 Å². The van der Waals surface area contributed by atoms with Crippen molar-refractivity contribution in [1.82, 2.24) is 4.90 Å². The molecule has 1 aliphatic carbocycles. The van der Waals surface area contributed by atoms with Crippen LogP contribution in [0.4, 0.5) is 4.39 Å². The highest BCUT2D eigenvalue weighted by molar-refractivity contribution is 5.08. The Bertz CT molecular complexity index is 258. The summed E-state index contributed by atoms with van der Waals surface area (Å²) < 4.78 is 20.4. The number of hydrogen-bond acceptors (Lipinski definition) is 2. The van der Waals surface area contributed by atoms with Crippen molar-refractivity contribution in [1.29, 1.82) is 0 Å². The first kappa shape index (κ1) is 12.3. The van der Waals surface area contributed by atoms with Gasteiger partial charge in [0.15, 0.2) is 0 Å². The molecule has 0 aromatic rings. The van der Waals surface area contributed by atoms with Gasteiger partial charge >= 0.3 is 0 Å². The number of halogens is 1. The minimum Gasteiger partial charge on any atom is -0.374 e. The molecule has 0 radical (unpaired) electrons. The summed E-state index contributed by atoms with van der Waals surface area (Å²) in [6.07, 6.45) is 3.16. The highest BCUT2D eigenvalue weighted by Gasteiger charge is 2.56. The van der Waals surface area contributed by atoms with Crippen molar-refractivity contribution in [2.75, 3.05) is 13.6 Å². The van der Waals surface area contributed by atoms with Gasteiger partial charge in [-0.15, -0.1) is 0 Å². The van der Waals surface area contributed by atoms with Gasteiger partial charge in [0, 0.05) is 18.5 Å². The van der Waals surface area contributed by atoms with E-state index < -0.39 is 5.67 Å². The quantitative estimate of drug-likeness (QED) is 0.737. The monoisotopic (exact) mass is 229 g/mol. The molecule has 0 aromatic heterocycles. The third-order valence-corrected chi connectivity index (χ3v) is 4.17. The van der Waals surface area contributed by atoms with E-state index in [2.05, 4.69) is 11.8 Å². The van der Waals surface area contributed by atoms with E-state index in [1.165, 1.54) is 0 Å². The summed E-state index contributed by atoms with van der Waals surface area (Å²) in [7, 11) is 2.03. The lowest BCUT2D eigenvalue weighted by Crippen LogP contribution is -2.41. The molecule has 2 rings (SSSR count). The largest absolute Gasteiger partial charge is 0.374 e. The summed E-state index contributed by atoms with van der Waals surface area (Å²) in [6, 6.07) is 0.259. The molecule has 3 unspecified atom stereocenters. The number of likely N-dealkylation sites (tertiary alicyclic amines) is 1. The van der Waals surface area contributed by atoms with Crippen LogP contribution in [0.5, 0.6) is 0 Å². The second-order valence-electron chi connectivity index (χ2n) is 5.83. The molecule has 2 fully saturated rings. The van der Waals surface area contributed by atoms with Crippen molar-refractivity contribution in [2.45, 2.75) is 64.0 Å². The maximum atomic E-state index is 14.6. The van der Waals surface area contributed by atoms with E-state index >= 15 is 0 Å². The summed E-state index contributed by atoms with van der Waals surface area (Å²) in [5.41, 5.74) is -0.936. The van der Waals surface area contributed by atoms with Gasteiger partial charge < -0.3 is 4.74 Å². The van der Waals surface area contributed by atoms with Gasteiger partial charge in [-0.2, -0.15) is 0 Å². The average Bonchev–Trinajstić information content (AvgIpc) is 2.55. The molecule has 1 saturated carbocycles. The lowest BCUT2D eigenvalue weighted by atomic mass is 9.89. The predicted molar refractivity (Wildman–Crippen MR) is 63.3 cm³/mol. The fraction of sp³-hybridized carbons (Fsp3) is 1.00. The van der Waals surface area contributed by atoms with E-state index in [1.807, 2.05) is 20.9 Å². The van der Waals surface area contributed by atoms with Gasteiger partial charge in [0.25, 0.3) is 0 Å². The summed E-state index contributed by atoms with van der Waals surface area (Å²) in [4.78, 5) is 2.16. The molecule has 2 nitrogen and oxygen atoms in total. The van der Waals surface area contributed by atoms with Gasteiger partial charge in [-0.1, -0.05) is 0 Å². The molecule has 16 heavy (non-hydrogen) atoms. The molecule has 1 heterocycles. The number of nitrogens with zero attached hydrogens (tertiary/aromatic N) is 1. The Morgan fingerprint density at radius 1 is 1.38 bits per heavy atom. The Morgan fingerprint density at radius 3 is 2.69 bits per heavy atom. The van der Waals surface area contributed by atoms with Crippen LogP contribution in [0.3, 0.4) is 0 Å². The first-order chi connectivity index (χ1) is 7.44. The maximum absolute atomic E-state index is 14.6. The molecule has 0 N–H and O–H groups in total. The molecule has 0 aromatic carbocycles. The Balaban J connectivity index is 2.09. The predicted octanol–water partition coefficient (Wildman–Crippen LogP) is 2.62. The molecule has 1 saturated heterocycles. The van der Waals surface area contributed by atoms with Crippen LogP contribution in [0.15, 0.2) is 0 Å². The summed E-state index contributed by atoms with van der Waals surface area (Å²) in [5.74, 6) is 0.186. The maximum Gasteiger partial charge on any atom is 0.128 e. The van der Waals surface area contributed by atoms with E-state index in [4.69, 9.17) is 4.74 Å². The highest BCUT2D eigenvalue weighted by atomic mass is 19.1. The first-order valence-corrected chi connectivity index (χ1v) is 6.48. The van der Waals surface area contributed by atoms with Crippen molar-refractivity contribution in [2.24, 2.45) is 5.92 Å². The molecule has 4 atom stereocenters. The van der Waals surface area contributed by atoms with Gasteiger partial charge in [-0.05, 0) is 47.1 Å². The Kier molecular flexibility index (Phi) is 3.28. The molecule has 1 aliphatic heterocycles. The van der Waals surface area contributed by atoms with Gasteiger partial charge in [-0.25, -0.2) is 4.39 Å². The Hall–Kier alpha value is -0.150. The smallest absolute Gasteiger partial charge is 0.128 e. The topological polar surface area (TPSA) is 12.5 Å². The van der Waals surface area contributed by atoms with Crippen LogP contribution in [0.25, 0.3) is 0 Å². The minimum absolute atomic E-state index is 0.130. The van der Waals surface area contributed by atoms with E-state index in [1.54, 1.807) is 0 Å². The standard InChI is InChI=1S/C13H24FNO/c1-9(2)16-10(3)12-11-6-5-7-13(11,14)8-15(12)4/h9-12H,5-8H2,1-4H3/t10?,11?,12?,13-/m1/s1. The normalized spacial score (nSPS) is 41.6. The van der Waals surface area contributed by atoms with Gasteiger partial charge in [0.2, 0.25) is 0 Å². The molecule has 0 spiro atoms. The van der Waals surface area contributed by atoms with Crippen LogP contribution >= 0.6 is 0 Å². The van der Waals surface area contributed by atoms with Crippen LogP contribution in [0.2, 0.25) is 0 Å². The summed E-state index contributed by atoms with van der Waals surface area (Å²) in [6.45, 7) is 6.77. The van der Waals surface area contributed by atoms with Crippen molar-refractivity contribution in [3.8, 4) is 0 Å². The number of hydrogen-bond donors (Lipinski definition) is 0. The number of alkyl halides is 1. The number of ether oxygens (including phenoxy) is 1. The number of fused-ring (bicyclic) bond motifs is 1. The van der Waals surface area contributed by atoms with Crippen molar-refractivity contribution in [3.05, 3.63) is 0 Å². The molecule has 0 bridgehead atoms. The molecule has 2 aliphatic rings. The SMILES string of the molecule is CC(C)OC(C)C1C2CCC[C@@]2(F)CN1C.